The molecule has 0 bridgehead atoms. The molecule has 3 aromatic rings. The molecule has 0 aliphatic heterocycles. The van der Waals surface area contributed by atoms with Crippen LogP contribution in [0.5, 0.6) is 0 Å². The first-order valence-electron chi connectivity index (χ1n) is 9.83. The van der Waals surface area contributed by atoms with Gasteiger partial charge in [-0.05, 0) is 54.8 Å². The second-order valence-corrected chi connectivity index (χ2v) is 8.22. The number of amides is 3. The zero-order chi connectivity index (χ0) is 24.9. The van der Waals surface area contributed by atoms with Crippen molar-refractivity contribution in [1.82, 2.24) is 10.3 Å². The van der Waals surface area contributed by atoms with Gasteiger partial charge in [-0.2, -0.15) is 13.2 Å². The maximum atomic E-state index is 13.6. The number of carbonyl (C=O) groups excluding carboxylic acids is 2. The molecule has 1 aromatic heterocycles. The summed E-state index contributed by atoms with van der Waals surface area (Å²) in [7, 11) is 0. The van der Waals surface area contributed by atoms with Crippen LogP contribution in [0.1, 0.15) is 24.3 Å². The molecule has 1 saturated carbocycles. The predicted molar refractivity (Wildman–Crippen MR) is 116 cm³/mol. The molecule has 1 unspecified atom stereocenters. The van der Waals surface area contributed by atoms with Crippen LogP contribution in [0.4, 0.5) is 42.0 Å². The van der Waals surface area contributed by atoms with E-state index in [0.29, 0.717) is 28.7 Å². The van der Waals surface area contributed by atoms with Crippen molar-refractivity contribution in [2.45, 2.75) is 31.0 Å². The highest BCUT2D eigenvalue weighted by Gasteiger charge is 2.47. The number of benzene rings is 2. The van der Waals surface area contributed by atoms with Gasteiger partial charge >= 0.3 is 12.2 Å². The molecular formula is C21H18F6N4O2S. The quantitative estimate of drug-likeness (QED) is 0.379. The summed E-state index contributed by atoms with van der Waals surface area (Å²) in [6.07, 6.45) is -3.38. The average Bonchev–Trinajstić information content (AvgIpc) is 3.46. The van der Waals surface area contributed by atoms with Gasteiger partial charge in [0.1, 0.15) is 5.82 Å². The summed E-state index contributed by atoms with van der Waals surface area (Å²) in [6.45, 7) is -1.75. The van der Waals surface area contributed by atoms with Crippen LogP contribution in [-0.4, -0.2) is 36.1 Å². The van der Waals surface area contributed by atoms with Gasteiger partial charge in [-0.25, -0.2) is 22.9 Å². The molecular weight excluding hydrogens is 486 g/mol. The molecule has 4 rings (SSSR count). The number of rotatable bonds is 5. The summed E-state index contributed by atoms with van der Waals surface area (Å²) in [5.74, 6) is -3.80. The molecule has 0 radical (unpaired) electrons. The Hall–Kier alpha value is -3.35. The number of fused-ring (bicyclic) bond motifs is 1. The van der Waals surface area contributed by atoms with E-state index in [9.17, 15) is 35.9 Å². The molecule has 3 N–H and O–H groups in total. The number of aromatic nitrogens is 1. The van der Waals surface area contributed by atoms with E-state index in [2.05, 4.69) is 20.9 Å². The van der Waals surface area contributed by atoms with Gasteiger partial charge in [0.2, 0.25) is 12.8 Å². The maximum absolute atomic E-state index is 13.6. The zero-order valence-electron chi connectivity index (χ0n) is 17.3. The second-order valence-electron chi connectivity index (χ2n) is 7.19. The van der Waals surface area contributed by atoms with Gasteiger partial charge in [0.05, 0.1) is 10.2 Å². The summed E-state index contributed by atoms with van der Waals surface area (Å²) >= 11 is 0.977. The van der Waals surface area contributed by atoms with Crippen LogP contribution in [0.3, 0.4) is 0 Å². The minimum Gasteiger partial charge on any atom is -0.353 e. The fourth-order valence-corrected chi connectivity index (χ4v) is 3.88. The molecule has 182 valence electrons. The number of alkyl halides is 5. The van der Waals surface area contributed by atoms with E-state index in [0.717, 1.165) is 11.3 Å². The van der Waals surface area contributed by atoms with Gasteiger partial charge in [-0.1, -0.05) is 17.4 Å². The Morgan fingerprint density at radius 1 is 1.06 bits per heavy atom. The van der Waals surface area contributed by atoms with Crippen LogP contribution in [0.25, 0.3) is 10.2 Å². The lowest BCUT2D eigenvalue weighted by Crippen LogP contribution is -2.38. The molecule has 34 heavy (non-hydrogen) atoms. The molecule has 1 aliphatic rings. The van der Waals surface area contributed by atoms with E-state index in [1.165, 1.54) is 42.5 Å². The number of nitrogens with one attached hydrogen (secondary N) is 3. The molecule has 1 fully saturated rings. The van der Waals surface area contributed by atoms with E-state index >= 15 is 0 Å². The number of hydrogen-bond donors (Lipinski definition) is 3. The second kappa shape index (κ2) is 10.7. The Kier molecular flexibility index (Phi) is 7.97. The first-order valence-corrected chi connectivity index (χ1v) is 10.7. The topological polar surface area (TPSA) is 83.1 Å². The molecule has 6 nitrogen and oxygen atoms in total. The summed E-state index contributed by atoms with van der Waals surface area (Å²) in [4.78, 5) is 28.5. The maximum Gasteiger partial charge on any atom is 0.404 e. The monoisotopic (exact) mass is 504 g/mol. The number of anilines is 2. The van der Waals surface area contributed by atoms with Crippen molar-refractivity contribution in [3.63, 3.8) is 0 Å². The zero-order valence-corrected chi connectivity index (χ0v) is 18.1. The lowest BCUT2D eigenvalue weighted by Gasteiger charge is -2.20. The Bertz CT molecular complexity index is 1150. The first-order chi connectivity index (χ1) is 16.1. The lowest BCUT2D eigenvalue weighted by atomic mass is 9.97. The largest absolute Gasteiger partial charge is 0.404 e. The predicted octanol–water partition coefficient (Wildman–Crippen LogP) is 5.89. The van der Waals surface area contributed by atoms with Gasteiger partial charge in [-0.3, -0.25) is 10.1 Å². The van der Waals surface area contributed by atoms with Crippen LogP contribution in [0.15, 0.2) is 42.5 Å². The number of hydrogen-bond acceptors (Lipinski definition) is 4. The van der Waals surface area contributed by atoms with E-state index < -0.39 is 36.8 Å². The van der Waals surface area contributed by atoms with Crippen molar-refractivity contribution in [2.75, 3.05) is 17.6 Å². The number of nitrogens with zero attached hydrogens (tertiary/aromatic N) is 1. The third kappa shape index (κ3) is 6.83. The van der Waals surface area contributed by atoms with Crippen molar-refractivity contribution in [3.8, 4) is 0 Å². The van der Waals surface area contributed by atoms with Gasteiger partial charge in [-0.15, -0.1) is 0 Å². The van der Waals surface area contributed by atoms with E-state index in [4.69, 9.17) is 0 Å². The SMILES string of the molecule is FCF.O=C(Nc1ccc(F)cc1)Nc1nc2ccc(C(C(=O)NC3CC3)C(F)(F)F)cc2s1. The minimum absolute atomic E-state index is 0.165. The van der Waals surface area contributed by atoms with Crippen molar-refractivity contribution < 1.29 is 35.9 Å². The Morgan fingerprint density at radius 2 is 1.71 bits per heavy atom. The molecule has 13 heteroatoms. The van der Waals surface area contributed by atoms with Gasteiger partial charge in [0.15, 0.2) is 11.0 Å². The number of thiazole rings is 1. The molecule has 0 spiro atoms. The van der Waals surface area contributed by atoms with Crippen molar-refractivity contribution >= 4 is 44.3 Å². The molecule has 0 saturated heterocycles. The summed E-state index contributed by atoms with van der Waals surface area (Å²) in [5, 5.41) is 7.56. The summed E-state index contributed by atoms with van der Waals surface area (Å²) in [5.41, 5.74) is 0.551. The van der Waals surface area contributed by atoms with Gasteiger partial charge in [0, 0.05) is 11.7 Å². The third-order valence-electron chi connectivity index (χ3n) is 4.58. The number of halogens is 6. The fourth-order valence-electron chi connectivity index (χ4n) is 2.97. The van der Waals surface area contributed by atoms with E-state index in [-0.39, 0.29) is 16.7 Å². The molecule has 3 amide bonds. The smallest absolute Gasteiger partial charge is 0.353 e. The number of carbonyl (C=O) groups is 2. The Balaban J connectivity index is 0.00000103. The van der Waals surface area contributed by atoms with Crippen LogP contribution >= 0.6 is 11.3 Å². The van der Waals surface area contributed by atoms with E-state index in [1.807, 2.05) is 0 Å². The van der Waals surface area contributed by atoms with Crippen LogP contribution in [0.2, 0.25) is 0 Å². The summed E-state index contributed by atoms with van der Waals surface area (Å²) in [6, 6.07) is 8.16. The summed E-state index contributed by atoms with van der Waals surface area (Å²) < 4.78 is 73.3. The highest BCUT2D eigenvalue weighted by Crippen LogP contribution is 2.38. The number of urea groups is 1. The molecule has 1 atom stereocenters. The average molecular weight is 504 g/mol. The molecule has 2 aromatic carbocycles. The minimum atomic E-state index is -4.74. The van der Waals surface area contributed by atoms with Crippen molar-refractivity contribution in [1.29, 1.82) is 0 Å². The van der Waals surface area contributed by atoms with Crippen LogP contribution < -0.4 is 16.0 Å². The highest BCUT2D eigenvalue weighted by molar-refractivity contribution is 7.22. The third-order valence-corrected chi connectivity index (χ3v) is 5.52. The van der Waals surface area contributed by atoms with Gasteiger partial charge in [0.25, 0.3) is 0 Å². The molecule has 1 heterocycles. The highest BCUT2D eigenvalue weighted by atomic mass is 32.1. The van der Waals surface area contributed by atoms with Gasteiger partial charge < -0.3 is 10.6 Å². The molecule has 1 aliphatic carbocycles. The lowest BCUT2D eigenvalue weighted by molar-refractivity contribution is -0.165. The van der Waals surface area contributed by atoms with E-state index in [1.54, 1.807) is 0 Å². The first kappa shape index (κ1) is 25.3. The van der Waals surface area contributed by atoms with Crippen molar-refractivity contribution in [2.24, 2.45) is 0 Å². The Morgan fingerprint density at radius 3 is 2.29 bits per heavy atom. The normalized spacial score (nSPS) is 14.1. The van der Waals surface area contributed by atoms with Crippen LogP contribution in [0, 0.1) is 5.82 Å². The Labute approximate surface area is 193 Å². The fraction of sp³-hybridized carbons (Fsp3) is 0.286. The van der Waals surface area contributed by atoms with Crippen molar-refractivity contribution in [3.05, 3.63) is 53.8 Å². The van der Waals surface area contributed by atoms with Crippen LogP contribution in [-0.2, 0) is 4.79 Å². The standard InChI is InChI=1S/C20H16F4N4O2S.CH2F2/c21-11-2-4-13(5-3-11)26-18(30)28-19-27-14-8-1-10(9-15(14)31-19)16(20(22,23)24)17(29)25-12-6-7-12;2-1-3/h1-5,8-9,12,16H,6-7H2,(H,25,29)(H2,26,27,28,30);1H2.